The van der Waals surface area contributed by atoms with E-state index in [0.29, 0.717) is 26.2 Å². The van der Waals surface area contributed by atoms with Gasteiger partial charge in [-0.05, 0) is 17.2 Å². The van der Waals surface area contributed by atoms with Crippen LogP contribution in [0, 0.1) is 0 Å². The normalized spacial score (nSPS) is 14.5. The third kappa shape index (κ3) is 4.52. The van der Waals surface area contributed by atoms with Crippen molar-refractivity contribution in [1.29, 1.82) is 0 Å². The number of nitrogens with one attached hydrogen (secondary N) is 1. The fourth-order valence-corrected chi connectivity index (χ4v) is 3.73. The second-order valence-corrected chi connectivity index (χ2v) is 7.08. The van der Waals surface area contributed by atoms with Gasteiger partial charge in [-0.25, -0.2) is 9.97 Å². The average molecular weight is 401 g/mol. The fraction of sp³-hybridized carbons (Fsp3) is 0.217. The number of nitrogens with zero attached hydrogens (tertiary/aromatic N) is 4. The van der Waals surface area contributed by atoms with E-state index >= 15 is 0 Å². The Kier molecular flexibility index (Phi) is 6.10. The standard InChI is InChI=1S/C23H23N5O2/c29-21(26-23-24-12-7-13-25-23)22(30)28-16-14-27(15-17-28)20(18-8-3-1-4-9-18)19-10-5-2-6-11-19/h1-13,20H,14-17H2,(H,24,25,26,29). The molecule has 152 valence electrons. The molecule has 1 saturated heterocycles. The van der Waals surface area contributed by atoms with E-state index in [1.165, 1.54) is 23.5 Å². The van der Waals surface area contributed by atoms with Crippen molar-refractivity contribution >= 4 is 17.8 Å². The molecule has 30 heavy (non-hydrogen) atoms. The van der Waals surface area contributed by atoms with E-state index in [-0.39, 0.29) is 12.0 Å². The molecular formula is C23H23N5O2. The van der Waals surface area contributed by atoms with Crippen LogP contribution in [-0.4, -0.2) is 57.8 Å². The van der Waals surface area contributed by atoms with Crippen LogP contribution in [0.1, 0.15) is 17.2 Å². The molecule has 0 saturated carbocycles. The summed E-state index contributed by atoms with van der Waals surface area (Å²) in [6.45, 7) is 2.32. The van der Waals surface area contributed by atoms with Crippen molar-refractivity contribution in [2.75, 3.05) is 31.5 Å². The highest BCUT2D eigenvalue weighted by atomic mass is 16.2. The van der Waals surface area contributed by atoms with E-state index in [9.17, 15) is 9.59 Å². The number of rotatable bonds is 4. The van der Waals surface area contributed by atoms with Crippen LogP contribution in [-0.2, 0) is 9.59 Å². The first-order chi connectivity index (χ1) is 14.7. The zero-order chi connectivity index (χ0) is 20.8. The largest absolute Gasteiger partial charge is 0.332 e. The van der Waals surface area contributed by atoms with E-state index in [1.54, 1.807) is 11.0 Å². The molecule has 2 heterocycles. The topological polar surface area (TPSA) is 78.4 Å². The van der Waals surface area contributed by atoms with Crippen LogP contribution in [0.2, 0.25) is 0 Å². The van der Waals surface area contributed by atoms with E-state index in [1.807, 2.05) is 36.4 Å². The Bertz CT molecular complexity index is 935. The predicted molar refractivity (Wildman–Crippen MR) is 114 cm³/mol. The summed E-state index contributed by atoms with van der Waals surface area (Å²) in [7, 11) is 0. The maximum atomic E-state index is 12.6. The van der Waals surface area contributed by atoms with Crippen LogP contribution < -0.4 is 5.32 Å². The van der Waals surface area contributed by atoms with Crippen molar-refractivity contribution < 1.29 is 9.59 Å². The van der Waals surface area contributed by atoms with E-state index < -0.39 is 11.8 Å². The van der Waals surface area contributed by atoms with E-state index in [0.717, 1.165) is 0 Å². The number of benzene rings is 2. The first-order valence-electron chi connectivity index (χ1n) is 9.93. The summed E-state index contributed by atoms with van der Waals surface area (Å²) in [5.41, 5.74) is 2.42. The smallest absolute Gasteiger partial charge is 0.316 e. The highest BCUT2D eigenvalue weighted by Gasteiger charge is 2.30. The van der Waals surface area contributed by atoms with Gasteiger partial charge in [0.05, 0.1) is 6.04 Å². The molecule has 1 fully saturated rings. The van der Waals surface area contributed by atoms with Crippen LogP contribution in [0.4, 0.5) is 5.95 Å². The van der Waals surface area contributed by atoms with Crippen molar-refractivity contribution in [2.45, 2.75) is 6.04 Å². The number of hydrogen-bond acceptors (Lipinski definition) is 5. The Hall–Kier alpha value is -3.58. The first-order valence-corrected chi connectivity index (χ1v) is 9.93. The number of aromatic nitrogens is 2. The van der Waals surface area contributed by atoms with Crippen LogP contribution in [0.15, 0.2) is 79.1 Å². The molecule has 0 atom stereocenters. The summed E-state index contributed by atoms with van der Waals surface area (Å²) >= 11 is 0. The van der Waals surface area contributed by atoms with Gasteiger partial charge in [-0.2, -0.15) is 0 Å². The summed E-state index contributed by atoms with van der Waals surface area (Å²) in [6, 6.07) is 22.5. The second-order valence-electron chi connectivity index (χ2n) is 7.08. The molecule has 0 unspecified atom stereocenters. The van der Waals surface area contributed by atoms with Gasteiger partial charge in [-0.15, -0.1) is 0 Å². The molecule has 0 aliphatic carbocycles. The Balaban J connectivity index is 1.43. The lowest BCUT2D eigenvalue weighted by atomic mass is 9.96. The minimum atomic E-state index is -0.711. The maximum absolute atomic E-state index is 12.6. The predicted octanol–water partition coefficient (Wildman–Crippen LogP) is 2.35. The number of anilines is 1. The van der Waals surface area contributed by atoms with E-state index in [2.05, 4.69) is 44.5 Å². The number of piperazine rings is 1. The molecule has 7 nitrogen and oxygen atoms in total. The van der Waals surface area contributed by atoms with Gasteiger partial charge in [-0.1, -0.05) is 60.7 Å². The Morgan fingerprint density at radius 3 is 1.83 bits per heavy atom. The quantitative estimate of drug-likeness (QED) is 0.679. The number of hydrogen-bond donors (Lipinski definition) is 1. The van der Waals surface area contributed by atoms with Crippen LogP contribution in [0.25, 0.3) is 0 Å². The number of carbonyl (C=O) groups excluding carboxylic acids is 2. The van der Waals surface area contributed by atoms with Gasteiger partial charge >= 0.3 is 11.8 Å². The third-order valence-electron chi connectivity index (χ3n) is 5.18. The van der Waals surface area contributed by atoms with Crippen molar-refractivity contribution in [3.05, 3.63) is 90.3 Å². The third-order valence-corrected chi connectivity index (χ3v) is 5.18. The average Bonchev–Trinajstić information content (AvgIpc) is 2.81. The van der Waals surface area contributed by atoms with Crippen molar-refractivity contribution in [3.8, 4) is 0 Å². The Morgan fingerprint density at radius 2 is 1.30 bits per heavy atom. The monoisotopic (exact) mass is 401 g/mol. The van der Waals surface area contributed by atoms with Gasteiger partial charge in [0.15, 0.2) is 0 Å². The maximum Gasteiger partial charge on any atom is 0.316 e. The van der Waals surface area contributed by atoms with Crippen LogP contribution in [0.5, 0.6) is 0 Å². The summed E-state index contributed by atoms with van der Waals surface area (Å²) in [5.74, 6) is -1.14. The van der Waals surface area contributed by atoms with Crippen LogP contribution in [0.3, 0.4) is 0 Å². The molecule has 0 radical (unpaired) electrons. The molecule has 1 aromatic heterocycles. The number of carbonyl (C=O) groups is 2. The van der Waals surface area contributed by atoms with Crippen LogP contribution >= 0.6 is 0 Å². The second kappa shape index (κ2) is 9.28. The molecule has 2 aromatic carbocycles. The van der Waals surface area contributed by atoms with Gasteiger partial charge in [0.1, 0.15) is 0 Å². The first kappa shape index (κ1) is 19.7. The lowest BCUT2D eigenvalue weighted by Gasteiger charge is -2.39. The molecule has 4 rings (SSSR count). The molecule has 1 N–H and O–H groups in total. The lowest BCUT2D eigenvalue weighted by Crippen LogP contribution is -2.52. The molecule has 3 aromatic rings. The minimum absolute atomic E-state index is 0.108. The van der Waals surface area contributed by atoms with Gasteiger partial charge < -0.3 is 4.90 Å². The summed E-state index contributed by atoms with van der Waals surface area (Å²) in [4.78, 5) is 36.6. The zero-order valence-corrected chi connectivity index (χ0v) is 16.5. The number of amides is 2. The molecule has 1 aliphatic rings. The minimum Gasteiger partial charge on any atom is -0.332 e. The lowest BCUT2D eigenvalue weighted by molar-refractivity contribution is -0.144. The van der Waals surface area contributed by atoms with Gasteiger partial charge in [-0.3, -0.25) is 19.8 Å². The zero-order valence-electron chi connectivity index (χ0n) is 16.5. The molecule has 2 amide bonds. The Morgan fingerprint density at radius 1 is 0.767 bits per heavy atom. The summed E-state index contributed by atoms with van der Waals surface area (Å²) < 4.78 is 0. The fourth-order valence-electron chi connectivity index (χ4n) is 3.73. The van der Waals surface area contributed by atoms with Crippen molar-refractivity contribution in [2.24, 2.45) is 0 Å². The Labute approximate surface area is 175 Å². The van der Waals surface area contributed by atoms with Crippen molar-refractivity contribution in [1.82, 2.24) is 19.8 Å². The summed E-state index contributed by atoms with van der Waals surface area (Å²) in [5, 5.41) is 2.46. The highest BCUT2D eigenvalue weighted by molar-refractivity contribution is 6.39. The summed E-state index contributed by atoms with van der Waals surface area (Å²) in [6.07, 6.45) is 3.03. The SMILES string of the molecule is O=C(Nc1ncccn1)C(=O)N1CCN(C(c2ccccc2)c2ccccc2)CC1. The van der Waals surface area contributed by atoms with Gasteiger partial charge in [0, 0.05) is 38.6 Å². The van der Waals surface area contributed by atoms with Gasteiger partial charge in [0.25, 0.3) is 0 Å². The van der Waals surface area contributed by atoms with E-state index in [4.69, 9.17) is 0 Å². The van der Waals surface area contributed by atoms with Gasteiger partial charge in [0.2, 0.25) is 5.95 Å². The molecule has 1 aliphatic heterocycles. The molecule has 0 spiro atoms. The molecule has 7 heteroatoms. The van der Waals surface area contributed by atoms with Crippen molar-refractivity contribution in [3.63, 3.8) is 0 Å². The molecular weight excluding hydrogens is 378 g/mol. The highest BCUT2D eigenvalue weighted by Crippen LogP contribution is 2.29. The molecule has 0 bridgehead atoms.